The van der Waals surface area contributed by atoms with E-state index in [4.69, 9.17) is 0 Å². The van der Waals surface area contributed by atoms with E-state index in [0.29, 0.717) is 0 Å². The number of aliphatic imine (C=N–C) groups is 1. The van der Waals surface area contributed by atoms with Crippen molar-refractivity contribution in [2.45, 2.75) is 50.7 Å². The summed E-state index contributed by atoms with van der Waals surface area (Å²) in [6.07, 6.45) is 7.93. The zero-order chi connectivity index (χ0) is 12.3. The van der Waals surface area contributed by atoms with Crippen LogP contribution in [0.25, 0.3) is 0 Å². The summed E-state index contributed by atoms with van der Waals surface area (Å²) in [6.45, 7) is 4.34. The molecule has 1 heterocycles. The number of thioether (sulfide) groups is 1. The first-order valence-electron chi connectivity index (χ1n) is 6.93. The zero-order valence-electron chi connectivity index (χ0n) is 11.3. The van der Waals surface area contributed by atoms with Crippen LogP contribution < -0.4 is 10.6 Å². The third-order valence-electron chi connectivity index (χ3n) is 3.07. The van der Waals surface area contributed by atoms with E-state index in [1.165, 1.54) is 44.3 Å². The quantitative estimate of drug-likeness (QED) is 0.418. The summed E-state index contributed by atoms with van der Waals surface area (Å²) in [5, 5.41) is 7.59. The molecule has 0 amide bonds. The molecule has 0 spiro atoms. The largest absolute Gasteiger partial charge is 0.356 e. The highest BCUT2D eigenvalue weighted by Crippen LogP contribution is 2.25. The Labute approximate surface area is 110 Å². The fourth-order valence-corrected chi connectivity index (χ4v) is 3.20. The van der Waals surface area contributed by atoms with Crippen molar-refractivity contribution in [2.24, 2.45) is 4.99 Å². The molecular formula is C13H27N3S. The van der Waals surface area contributed by atoms with E-state index in [1.54, 1.807) is 0 Å². The number of nitrogens with one attached hydrogen (secondary N) is 2. The number of unbranched alkanes of at least 4 members (excludes halogenated alkanes) is 3. The Morgan fingerprint density at radius 2 is 2.18 bits per heavy atom. The zero-order valence-corrected chi connectivity index (χ0v) is 12.1. The first-order chi connectivity index (χ1) is 8.36. The molecule has 1 saturated heterocycles. The lowest BCUT2D eigenvalue weighted by Gasteiger charge is -2.14. The van der Waals surface area contributed by atoms with Crippen molar-refractivity contribution < 1.29 is 0 Å². The highest BCUT2D eigenvalue weighted by molar-refractivity contribution is 8.00. The van der Waals surface area contributed by atoms with Gasteiger partial charge in [0.2, 0.25) is 0 Å². The number of rotatable bonds is 7. The lowest BCUT2D eigenvalue weighted by molar-refractivity contribution is 0.644. The van der Waals surface area contributed by atoms with Crippen LogP contribution in [0.1, 0.15) is 45.4 Å². The van der Waals surface area contributed by atoms with Gasteiger partial charge >= 0.3 is 0 Å². The maximum atomic E-state index is 4.25. The first kappa shape index (κ1) is 14.7. The molecule has 1 fully saturated rings. The van der Waals surface area contributed by atoms with Crippen LogP contribution in [0.15, 0.2) is 4.99 Å². The Balaban J connectivity index is 2.03. The van der Waals surface area contributed by atoms with E-state index in [1.807, 2.05) is 7.05 Å². The van der Waals surface area contributed by atoms with Crippen molar-refractivity contribution in [2.75, 3.05) is 25.9 Å². The van der Waals surface area contributed by atoms with Gasteiger partial charge in [-0.3, -0.25) is 4.99 Å². The van der Waals surface area contributed by atoms with Gasteiger partial charge in [-0.25, -0.2) is 0 Å². The van der Waals surface area contributed by atoms with Crippen LogP contribution in [-0.2, 0) is 0 Å². The van der Waals surface area contributed by atoms with Crippen LogP contribution in [0.5, 0.6) is 0 Å². The van der Waals surface area contributed by atoms with Gasteiger partial charge in [-0.05, 0) is 25.0 Å². The summed E-state index contributed by atoms with van der Waals surface area (Å²) in [4.78, 5) is 4.25. The van der Waals surface area contributed by atoms with E-state index in [2.05, 4.69) is 34.3 Å². The van der Waals surface area contributed by atoms with Crippen LogP contribution in [0.4, 0.5) is 0 Å². The van der Waals surface area contributed by atoms with Gasteiger partial charge in [0.1, 0.15) is 0 Å². The Bertz CT molecular complexity index is 213. The van der Waals surface area contributed by atoms with Gasteiger partial charge in [-0.15, -0.1) is 0 Å². The van der Waals surface area contributed by atoms with Gasteiger partial charge in [0.05, 0.1) is 0 Å². The van der Waals surface area contributed by atoms with E-state index in [9.17, 15) is 0 Å². The van der Waals surface area contributed by atoms with Crippen LogP contribution >= 0.6 is 11.8 Å². The molecule has 0 aromatic rings. The molecule has 0 aromatic heterocycles. The fraction of sp³-hybridized carbons (Fsp3) is 0.923. The highest BCUT2D eigenvalue weighted by atomic mass is 32.2. The van der Waals surface area contributed by atoms with Gasteiger partial charge in [0, 0.05) is 25.4 Å². The normalized spacial score (nSPS) is 20.6. The number of nitrogens with zero attached hydrogens (tertiary/aromatic N) is 1. The Hall–Kier alpha value is -0.380. The fourth-order valence-electron chi connectivity index (χ4n) is 2.00. The van der Waals surface area contributed by atoms with Gasteiger partial charge in [-0.1, -0.05) is 26.2 Å². The van der Waals surface area contributed by atoms with Crippen LogP contribution in [-0.4, -0.2) is 37.1 Å². The lowest BCUT2D eigenvalue weighted by atomic mass is 10.2. The van der Waals surface area contributed by atoms with E-state index in [-0.39, 0.29) is 0 Å². The molecule has 1 unspecified atom stereocenters. The molecule has 1 rings (SSSR count). The molecule has 3 nitrogen and oxygen atoms in total. The van der Waals surface area contributed by atoms with Gasteiger partial charge in [-0.2, -0.15) is 11.8 Å². The van der Waals surface area contributed by atoms with Gasteiger partial charge < -0.3 is 10.6 Å². The van der Waals surface area contributed by atoms with Crippen LogP contribution in [0.3, 0.4) is 0 Å². The Morgan fingerprint density at radius 3 is 2.82 bits per heavy atom. The van der Waals surface area contributed by atoms with E-state index < -0.39 is 0 Å². The molecule has 0 saturated carbocycles. The predicted molar refractivity (Wildman–Crippen MR) is 79.0 cm³/mol. The molecule has 4 heteroatoms. The van der Waals surface area contributed by atoms with Crippen LogP contribution in [0.2, 0.25) is 0 Å². The topological polar surface area (TPSA) is 36.4 Å². The molecule has 0 radical (unpaired) electrons. The number of hydrogen-bond acceptors (Lipinski definition) is 2. The molecule has 0 aromatic carbocycles. The summed E-state index contributed by atoms with van der Waals surface area (Å²) < 4.78 is 0. The van der Waals surface area contributed by atoms with Gasteiger partial charge in [0.15, 0.2) is 5.96 Å². The standard InChI is InChI=1S/C13H27N3S/c1-3-4-5-6-9-15-13(14-2)16-11-12-8-7-10-17-12/h12H,3-11H2,1-2H3,(H2,14,15,16). The molecule has 17 heavy (non-hydrogen) atoms. The monoisotopic (exact) mass is 257 g/mol. The second-order valence-corrected chi connectivity index (χ2v) is 5.98. The van der Waals surface area contributed by atoms with Crippen molar-refractivity contribution in [1.29, 1.82) is 0 Å². The minimum atomic E-state index is 0.786. The van der Waals surface area contributed by atoms with Crippen LogP contribution in [0, 0.1) is 0 Å². The Kier molecular flexibility index (Phi) is 8.32. The maximum absolute atomic E-state index is 4.25. The van der Waals surface area contributed by atoms with Gasteiger partial charge in [0.25, 0.3) is 0 Å². The summed E-state index contributed by atoms with van der Waals surface area (Å²) in [6, 6.07) is 0. The molecule has 1 aliphatic heterocycles. The molecule has 1 atom stereocenters. The average molecular weight is 257 g/mol. The first-order valence-corrected chi connectivity index (χ1v) is 7.97. The van der Waals surface area contributed by atoms with Crippen molar-refractivity contribution >= 4 is 17.7 Å². The molecule has 2 N–H and O–H groups in total. The minimum Gasteiger partial charge on any atom is -0.356 e. The predicted octanol–water partition coefficient (Wildman–Crippen LogP) is 2.63. The van der Waals surface area contributed by atoms with Crippen molar-refractivity contribution in [1.82, 2.24) is 10.6 Å². The molecule has 100 valence electrons. The number of guanidine groups is 1. The van der Waals surface area contributed by atoms with E-state index in [0.717, 1.165) is 24.3 Å². The van der Waals surface area contributed by atoms with Crippen molar-refractivity contribution in [3.63, 3.8) is 0 Å². The molecule has 0 bridgehead atoms. The summed E-state index contributed by atoms with van der Waals surface area (Å²) >= 11 is 2.08. The third kappa shape index (κ3) is 6.81. The summed E-state index contributed by atoms with van der Waals surface area (Å²) in [7, 11) is 1.85. The molecular weight excluding hydrogens is 230 g/mol. The summed E-state index contributed by atoms with van der Waals surface area (Å²) in [5.74, 6) is 2.30. The SMILES string of the molecule is CCCCCCNC(=NC)NCC1CCCS1. The second-order valence-electron chi connectivity index (χ2n) is 4.58. The maximum Gasteiger partial charge on any atom is 0.191 e. The average Bonchev–Trinajstić information content (AvgIpc) is 2.86. The third-order valence-corrected chi connectivity index (χ3v) is 4.47. The lowest BCUT2D eigenvalue weighted by Crippen LogP contribution is -2.40. The minimum absolute atomic E-state index is 0.786. The molecule has 0 aliphatic carbocycles. The van der Waals surface area contributed by atoms with Crippen molar-refractivity contribution in [3.8, 4) is 0 Å². The van der Waals surface area contributed by atoms with E-state index >= 15 is 0 Å². The second kappa shape index (κ2) is 9.63. The molecule has 1 aliphatic rings. The Morgan fingerprint density at radius 1 is 1.29 bits per heavy atom. The summed E-state index contributed by atoms with van der Waals surface area (Å²) in [5.41, 5.74) is 0. The number of hydrogen-bond donors (Lipinski definition) is 2. The van der Waals surface area contributed by atoms with Crippen molar-refractivity contribution in [3.05, 3.63) is 0 Å². The smallest absolute Gasteiger partial charge is 0.191 e. The highest BCUT2D eigenvalue weighted by Gasteiger charge is 2.15.